The summed E-state index contributed by atoms with van der Waals surface area (Å²) in [5.41, 5.74) is 0.960. The van der Waals surface area contributed by atoms with E-state index in [0.29, 0.717) is 11.4 Å². The number of hydrogen-bond donors (Lipinski definition) is 1. The van der Waals surface area contributed by atoms with Crippen LogP contribution >= 0.6 is 0 Å². The molecule has 0 saturated heterocycles. The van der Waals surface area contributed by atoms with Crippen molar-refractivity contribution in [3.8, 4) is 22.8 Å². The maximum atomic E-state index is 14.0. The maximum Gasteiger partial charge on any atom is 0.181 e. The fraction of sp³-hybridized carbons (Fsp3) is 0.0667. The zero-order valence-electron chi connectivity index (χ0n) is 10.7. The summed E-state index contributed by atoms with van der Waals surface area (Å²) >= 11 is 0. The molecule has 0 aliphatic rings. The molecule has 3 nitrogen and oxygen atoms in total. The minimum Gasteiger partial charge on any atom is -0.258 e. The highest BCUT2D eigenvalue weighted by Gasteiger charge is 2.17. The monoisotopic (exact) mass is 271 g/mol. The molecule has 0 radical (unpaired) electrons. The predicted molar refractivity (Wildman–Crippen MR) is 71.9 cm³/mol. The lowest BCUT2D eigenvalue weighted by Crippen LogP contribution is -1.94. The highest BCUT2D eigenvalue weighted by atomic mass is 19.1. The van der Waals surface area contributed by atoms with Crippen molar-refractivity contribution in [1.29, 1.82) is 0 Å². The summed E-state index contributed by atoms with van der Waals surface area (Å²) in [6.07, 6.45) is 0. The molecule has 1 heterocycles. The number of aryl methyl sites for hydroxylation is 1. The molecule has 0 aliphatic heterocycles. The van der Waals surface area contributed by atoms with Crippen molar-refractivity contribution < 1.29 is 8.78 Å². The zero-order chi connectivity index (χ0) is 14.1. The first-order valence-electron chi connectivity index (χ1n) is 6.09. The second-order valence-corrected chi connectivity index (χ2v) is 4.43. The summed E-state index contributed by atoms with van der Waals surface area (Å²) in [5.74, 6) is -0.798. The number of aromatic nitrogens is 3. The van der Waals surface area contributed by atoms with Crippen LogP contribution < -0.4 is 0 Å². The summed E-state index contributed by atoms with van der Waals surface area (Å²) < 4.78 is 27.8. The largest absolute Gasteiger partial charge is 0.258 e. The van der Waals surface area contributed by atoms with Crippen molar-refractivity contribution in [3.05, 3.63) is 59.7 Å². The van der Waals surface area contributed by atoms with Gasteiger partial charge in [0.25, 0.3) is 0 Å². The number of halogens is 2. The summed E-state index contributed by atoms with van der Waals surface area (Å²) in [6.45, 7) is 1.58. The third-order valence-corrected chi connectivity index (χ3v) is 3.04. The van der Waals surface area contributed by atoms with Crippen LogP contribution in [0, 0.1) is 18.6 Å². The second-order valence-electron chi connectivity index (χ2n) is 4.43. The highest BCUT2D eigenvalue weighted by Crippen LogP contribution is 2.26. The number of aromatic amines is 1. The third kappa shape index (κ3) is 2.07. The molecule has 0 fully saturated rings. The number of hydrogen-bond acceptors (Lipinski definition) is 2. The number of nitrogens with zero attached hydrogens (tertiary/aromatic N) is 2. The Kier molecular flexibility index (Phi) is 3.02. The van der Waals surface area contributed by atoms with Gasteiger partial charge in [-0.3, -0.25) is 5.10 Å². The van der Waals surface area contributed by atoms with Crippen molar-refractivity contribution in [2.75, 3.05) is 0 Å². The average Bonchev–Trinajstić information content (AvgIpc) is 2.94. The molecule has 0 saturated carbocycles. The van der Waals surface area contributed by atoms with Crippen LogP contribution in [0.1, 0.15) is 5.56 Å². The predicted octanol–water partition coefficient (Wildman–Crippen LogP) is 3.73. The van der Waals surface area contributed by atoms with Gasteiger partial charge in [0.15, 0.2) is 11.6 Å². The minimum atomic E-state index is -0.663. The van der Waals surface area contributed by atoms with Gasteiger partial charge >= 0.3 is 0 Å². The molecule has 3 rings (SSSR count). The van der Waals surface area contributed by atoms with Crippen LogP contribution in [-0.4, -0.2) is 15.2 Å². The van der Waals surface area contributed by atoms with E-state index in [9.17, 15) is 8.78 Å². The Hall–Kier alpha value is -2.56. The molecule has 0 bridgehead atoms. The fourth-order valence-corrected chi connectivity index (χ4v) is 1.96. The first kappa shape index (κ1) is 12.5. The molecule has 0 unspecified atom stereocenters. The first-order valence-corrected chi connectivity index (χ1v) is 6.09. The molecule has 100 valence electrons. The zero-order valence-corrected chi connectivity index (χ0v) is 10.7. The Bertz CT molecular complexity index is 751. The normalized spacial score (nSPS) is 10.8. The van der Waals surface area contributed by atoms with E-state index in [1.165, 1.54) is 12.1 Å². The van der Waals surface area contributed by atoms with Crippen LogP contribution in [-0.2, 0) is 0 Å². The van der Waals surface area contributed by atoms with Crippen LogP contribution in [0.4, 0.5) is 8.78 Å². The molecule has 20 heavy (non-hydrogen) atoms. The number of nitrogens with one attached hydrogen (secondary N) is 1. The van der Waals surface area contributed by atoms with Crippen LogP contribution in [0.15, 0.2) is 42.5 Å². The lowest BCUT2D eigenvalue weighted by Gasteiger charge is -2.03. The number of rotatable bonds is 2. The van der Waals surface area contributed by atoms with Crippen molar-refractivity contribution in [2.24, 2.45) is 0 Å². The molecule has 1 N–H and O–H groups in total. The van der Waals surface area contributed by atoms with Gasteiger partial charge in [0.1, 0.15) is 11.6 Å². The van der Waals surface area contributed by atoms with Crippen LogP contribution in [0.3, 0.4) is 0 Å². The topological polar surface area (TPSA) is 41.6 Å². The van der Waals surface area contributed by atoms with Gasteiger partial charge in [-0.1, -0.05) is 36.4 Å². The van der Waals surface area contributed by atoms with Crippen LogP contribution in [0.25, 0.3) is 22.8 Å². The van der Waals surface area contributed by atoms with E-state index in [-0.39, 0.29) is 11.4 Å². The van der Waals surface area contributed by atoms with Gasteiger partial charge in [0.2, 0.25) is 0 Å². The van der Waals surface area contributed by atoms with Crippen LogP contribution in [0.2, 0.25) is 0 Å². The molecule has 0 aliphatic carbocycles. The first-order chi connectivity index (χ1) is 9.66. The van der Waals surface area contributed by atoms with E-state index in [1.807, 2.05) is 30.3 Å². The SMILES string of the molecule is Cc1ccc(F)c(-c2nc(-c3ccccc3)n[nH]2)c1F. The highest BCUT2D eigenvalue weighted by molar-refractivity contribution is 5.62. The smallest absolute Gasteiger partial charge is 0.181 e. The van der Waals surface area contributed by atoms with E-state index in [0.717, 1.165) is 5.56 Å². The van der Waals surface area contributed by atoms with Gasteiger partial charge in [-0.2, -0.15) is 5.10 Å². The molecule has 1 aromatic heterocycles. The van der Waals surface area contributed by atoms with Gasteiger partial charge < -0.3 is 0 Å². The summed E-state index contributed by atoms with van der Waals surface area (Å²) in [5, 5.41) is 6.59. The lowest BCUT2D eigenvalue weighted by atomic mass is 10.1. The Morgan fingerprint density at radius 1 is 1.00 bits per heavy atom. The minimum absolute atomic E-state index is 0.0857. The summed E-state index contributed by atoms with van der Waals surface area (Å²) in [6, 6.07) is 11.8. The molecule has 5 heteroatoms. The van der Waals surface area contributed by atoms with E-state index >= 15 is 0 Å². The number of benzene rings is 2. The van der Waals surface area contributed by atoms with E-state index in [1.54, 1.807) is 6.92 Å². The van der Waals surface area contributed by atoms with Crippen LogP contribution in [0.5, 0.6) is 0 Å². The molecule has 0 spiro atoms. The van der Waals surface area contributed by atoms with Crippen molar-refractivity contribution in [1.82, 2.24) is 15.2 Å². The van der Waals surface area contributed by atoms with E-state index in [4.69, 9.17) is 0 Å². The van der Waals surface area contributed by atoms with Gasteiger partial charge in [0, 0.05) is 5.56 Å². The van der Waals surface area contributed by atoms with E-state index < -0.39 is 11.6 Å². The lowest BCUT2D eigenvalue weighted by molar-refractivity contribution is 0.582. The standard InChI is InChI=1S/C15H11F2N3/c1-9-7-8-11(16)12(13(9)17)15-18-14(19-20-15)10-5-3-2-4-6-10/h2-8H,1H3,(H,18,19,20). The Labute approximate surface area is 114 Å². The number of H-pyrrole nitrogens is 1. The van der Waals surface area contributed by atoms with Crippen molar-refractivity contribution in [2.45, 2.75) is 6.92 Å². The average molecular weight is 271 g/mol. The molecule has 3 aromatic rings. The fourth-order valence-electron chi connectivity index (χ4n) is 1.96. The van der Waals surface area contributed by atoms with Gasteiger partial charge in [-0.05, 0) is 18.6 Å². The van der Waals surface area contributed by atoms with Gasteiger partial charge in [-0.15, -0.1) is 0 Å². The molecular weight excluding hydrogens is 260 g/mol. The summed E-state index contributed by atoms with van der Waals surface area (Å²) in [4.78, 5) is 4.17. The Morgan fingerprint density at radius 3 is 2.50 bits per heavy atom. The quantitative estimate of drug-likeness (QED) is 0.771. The summed E-state index contributed by atoms with van der Waals surface area (Å²) in [7, 11) is 0. The second kappa shape index (κ2) is 4.85. The molecule has 2 aromatic carbocycles. The Balaban J connectivity index is 2.10. The Morgan fingerprint density at radius 2 is 1.75 bits per heavy atom. The third-order valence-electron chi connectivity index (χ3n) is 3.04. The van der Waals surface area contributed by atoms with Gasteiger partial charge in [0.05, 0.1) is 5.56 Å². The van der Waals surface area contributed by atoms with Crippen molar-refractivity contribution in [3.63, 3.8) is 0 Å². The van der Waals surface area contributed by atoms with Crippen molar-refractivity contribution >= 4 is 0 Å². The van der Waals surface area contributed by atoms with E-state index in [2.05, 4.69) is 15.2 Å². The molecule has 0 amide bonds. The maximum absolute atomic E-state index is 14.0. The molecule has 0 atom stereocenters. The molecular formula is C15H11F2N3. The van der Waals surface area contributed by atoms with Gasteiger partial charge in [-0.25, -0.2) is 13.8 Å².